The molecule has 0 fully saturated rings. The lowest BCUT2D eigenvalue weighted by Crippen LogP contribution is -2.39. The number of amides is 1. The van der Waals surface area contributed by atoms with Gasteiger partial charge in [-0.3, -0.25) is 4.79 Å². The molecule has 1 heterocycles. The van der Waals surface area contributed by atoms with E-state index in [0.717, 1.165) is 17.9 Å². The first-order valence-electron chi connectivity index (χ1n) is 10.4. The number of carbonyl (C=O) groups is 2. The van der Waals surface area contributed by atoms with Crippen molar-refractivity contribution >= 4 is 32.8 Å². The molecule has 0 saturated heterocycles. The zero-order chi connectivity index (χ0) is 23.8. The van der Waals surface area contributed by atoms with Gasteiger partial charge >= 0.3 is 12.1 Å². The number of alkyl carbamates (subject to hydrolysis) is 1. The second kappa shape index (κ2) is 8.86. The molecule has 1 amide bonds. The van der Waals surface area contributed by atoms with Crippen molar-refractivity contribution in [3.63, 3.8) is 0 Å². The fraction of sp³-hybridized carbons (Fsp3) is 0.304. The van der Waals surface area contributed by atoms with Crippen LogP contribution in [-0.2, 0) is 45.4 Å². The second-order valence-electron chi connectivity index (χ2n) is 8.12. The molecule has 10 heteroatoms. The van der Waals surface area contributed by atoms with Crippen LogP contribution in [0.15, 0.2) is 47.4 Å². The van der Waals surface area contributed by atoms with Crippen LogP contribution in [0.25, 0.3) is 10.9 Å². The van der Waals surface area contributed by atoms with Crippen molar-refractivity contribution in [2.75, 3.05) is 6.26 Å². The van der Waals surface area contributed by atoms with Crippen LogP contribution in [0.2, 0.25) is 0 Å². The molecule has 0 saturated carbocycles. The van der Waals surface area contributed by atoms with E-state index in [0.29, 0.717) is 35.9 Å². The van der Waals surface area contributed by atoms with Crippen LogP contribution in [0.3, 0.4) is 0 Å². The van der Waals surface area contributed by atoms with Gasteiger partial charge in [-0.2, -0.15) is 0 Å². The molecule has 1 atom stereocenters. The number of benzene rings is 2. The number of nitrogens with zero attached hydrogens (tertiary/aromatic N) is 1. The van der Waals surface area contributed by atoms with Crippen molar-refractivity contribution in [2.45, 2.75) is 43.4 Å². The quantitative estimate of drug-likeness (QED) is 0.568. The fourth-order valence-corrected chi connectivity index (χ4v) is 5.25. The molecule has 0 spiro atoms. The molecule has 2 N–H and O–H groups in total. The third kappa shape index (κ3) is 4.85. The highest BCUT2D eigenvalue weighted by atomic mass is 32.2. The highest BCUT2D eigenvalue weighted by molar-refractivity contribution is 7.91. The maximum absolute atomic E-state index is 14.4. The predicted molar refractivity (Wildman–Crippen MR) is 118 cm³/mol. The number of carboxylic acid groups (broad SMARTS) is 1. The molecule has 1 aliphatic carbocycles. The lowest BCUT2D eigenvalue weighted by molar-refractivity contribution is -0.137. The van der Waals surface area contributed by atoms with Gasteiger partial charge in [0.25, 0.3) is 0 Å². The number of ether oxygens (including phenoxy) is 1. The number of hydrogen-bond donors (Lipinski definition) is 2. The maximum atomic E-state index is 14.4. The number of carboxylic acids is 1. The summed E-state index contributed by atoms with van der Waals surface area (Å²) in [7, 11) is -3.82. The van der Waals surface area contributed by atoms with Gasteiger partial charge in [0.2, 0.25) is 0 Å². The number of aliphatic carboxylic acids is 1. The van der Waals surface area contributed by atoms with Crippen LogP contribution in [0.1, 0.15) is 23.2 Å². The van der Waals surface area contributed by atoms with Gasteiger partial charge < -0.3 is 19.7 Å². The van der Waals surface area contributed by atoms with E-state index in [4.69, 9.17) is 4.74 Å². The van der Waals surface area contributed by atoms with E-state index in [1.165, 1.54) is 10.6 Å². The molecular formula is C23H23FN2O6S. The second-order valence-corrected chi connectivity index (χ2v) is 10.1. The number of sulfone groups is 1. The monoisotopic (exact) mass is 474 g/mol. The Balaban J connectivity index is 1.64. The van der Waals surface area contributed by atoms with E-state index in [1.54, 1.807) is 0 Å². The minimum Gasteiger partial charge on any atom is -0.480 e. The van der Waals surface area contributed by atoms with Crippen molar-refractivity contribution in [1.82, 2.24) is 9.88 Å². The summed E-state index contributed by atoms with van der Waals surface area (Å²) in [6.07, 6.45) is 1.56. The number of rotatable bonds is 6. The van der Waals surface area contributed by atoms with Crippen molar-refractivity contribution in [3.05, 3.63) is 65.1 Å². The van der Waals surface area contributed by atoms with E-state index in [1.807, 2.05) is 30.3 Å². The standard InChI is InChI=1S/C23H23FN2O6S/c1-33(30,31)20-10-15(24)9-18-17-11-16(7-8-19(17)26(22(18)20)12-21(27)28)25-23(29)32-13-14-5-3-2-4-6-14/h2-6,9-10,16H,7-8,11-13H2,1H3,(H,25,29)(H,27,28). The summed E-state index contributed by atoms with van der Waals surface area (Å²) >= 11 is 0. The van der Waals surface area contributed by atoms with Crippen molar-refractivity contribution in [1.29, 1.82) is 0 Å². The Kier molecular flexibility index (Phi) is 6.11. The molecule has 3 aromatic rings. The fourth-order valence-electron chi connectivity index (χ4n) is 4.36. The van der Waals surface area contributed by atoms with E-state index in [-0.39, 0.29) is 23.1 Å². The Labute approximate surface area is 189 Å². The summed E-state index contributed by atoms with van der Waals surface area (Å²) in [4.78, 5) is 23.5. The van der Waals surface area contributed by atoms with Gasteiger partial charge in [0, 0.05) is 23.4 Å². The van der Waals surface area contributed by atoms with Gasteiger partial charge in [0.1, 0.15) is 19.0 Å². The summed E-state index contributed by atoms with van der Waals surface area (Å²) in [5.74, 6) is -1.86. The molecule has 8 nitrogen and oxygen atoms in total. The molecule has 1 aliphatic rings. The third-order valence-corrected chi connectivity index (χ3v) is 6.83. The molecule has 33 heavy (non-hydrogen) atoms. The average Bonchev–Trinajstić information content (AvgIpc) is 3.04. The molecule has 0 aliphatic heterocycles. The minimum absolute atomic E-state index is 0.117. The molecule has 4 rings (SSSR count). The molecule has 2 aromatic carbocycles. The third-order valence-electron chi connectivity index (χ3n) is 5.72. The average molecular weight is 475 g/mol. The SMILES string of the molecule is CS(=O)(=O)c1cc(F)cc2c3c(n(CC(=O)O)c12)CCC(NC(=O)OCc1ccccc1)C3. The highest BCUT2D eigenvalue weighted by Crippen LogP contribution is 2.36. The number of hydrogen-bond acceptors (Lipinski definition) is 5. The van der Waals surface area contributed by atoms with E-state index in [9.17, 15) is 27.5 Å². The Morgan fingerprint density at radius 2 is 1.97 bits per heavy atom. The number of aromatic nitrogens is 1. The van der Waals surface area contributed by atoms with Gasteiger partial charge in [0.05, 0.1) is 10.4 Å². The van der Waals surface area contributed by atoms with Gasteiger partial charge in [-0.25, -0.2) is 17.6 Å². The molecule has 1 unspecified atom stereocenters. The summed E-state index contributed by atoms with van der Waals surface area (Å²) in [5.41, 5.74) is 2.30. The van der Waals surface area contributed by atoms with E-state index < -0.39 is 34.3 Å². The van der Waals surface area contributed by atoms with Crippen LogP contribution >= 0.6 is 0 Å². The molecule has 174 valence electrons. The highest BCUT2D eigenvalue weighted by Gasteiger charge is 2.30. The largest absolute Gasteiger partial charge is 0.480 e. The van der Waals surface area contributed by atoms with Crippen molar-refractivity contribution in [2.24, 2.45) is 0 Å². The first-order chi connectivity index (χ1) is 15.6. The Morgan fingerprint density at radius 3 is 2.64 bits per heavy atom. The smallest absolute Gasteiger partial charge is 0.407 e. The zero-order valence-corrected chi connectivity index (χ0v) is 18.7. The van der Waals surface area contributed by atoms with Crippen molar-refractivity contribution < 1.29 is 32.2 Å². The summed E-state index contributed by atoms with van der Waals surface area (Å²) in [5, 5.41) is 12.5. The lowest BCUT2D eigenvalue weighted by Gasteiger charge is -2.24. The normalized spacial score (nSPS) is 15.8. The Bertz CT molecular complexity index is 1330. The van der Waals surface area contributed by atoms with Gasteiger partial charge in [-0.05, 0) is 42.5 Å². The lowest BCUT2D eigenvalue weighted by atomic mass is 9.91. The summed E-state index contributed by atoms with van der Waals surface area (Å²) in [6.45, 7) is -0.331. The van der Waals surface area contributed by atoms with Crippen LogP contribution in [0.5, 0.6) is 0 Å². The van der Waals surface area contributed by atoms with Crippen LogP contribution < -0.4 is 5.32 Å². The van der Waals surface area contributed by atoms with Crippen molar-refractivity contribution in [3.8, 4) is 0 Å². The summed E-state index contributed by atoms with van der Waals surface area (Å²) < 4.78 is 45.8. The molecule has 0 radical (unpaired) electrons. The molecule has 1 aromatic heterocycles. The van der Waals surface area contributed by atoms with E-state index in [2.05, 4.69) is 5.32 Å². The van der Waals surface area contributed by atoms with Gasteiger partial charge in [0.15, 0.2) is 9.84 Å². The minimum atomic E-state index is -3.82. The topological polar surface area (TPSA) is 115 Å². The Hall–Kier alpha value is -3.40. The van der Waals surface area contributed by atoms with Gasteiger partial charge in [-0.15, -0.1) is 0 Å². The predicted octanol–water partition coefficient (Wildman–Crippen LogP) is 3.05. The van der Waals surface area contributed by atoms with Crippen LogP contribution in [0, 0.1) is 5.82 Å². The molecule has 0 bridgehead atoms. The first kappa shape index (κ1) is 22.8. The number of carbonyl (C=O) groups excluding carboxylic acids is 1. The maximum Gasteiger partial charge on any atom is 0.407 e. The number of halogens is 1. The zero-order valence-electron chi connectivity index (χ0n) is 17.9. The first-order valence-corrected chi connectivity index (χ1v) is 12.2. The Morgan fingerprint density at radius 1 is 1.24 bits per heavy atom. The van der Waals surface area contributed by atoms with Gasteiger partial charge in [-0.1, -0.05) is 30.3 Å². The van der Waals surface area contributed by atoms with Crippen LogP contribution in [-0.4, -0.2) is 42.5 Å². The van der Waals surface area contributed by atoms with Crippen LogP contribution in [0.4, 0.5) is 9.18 Å². The summed E-state index contributed by atoms with van der Waals surface area (Å²) in [6, 6.07) is 11.0. The molecular weight excluding hydrogens is 451 g/mol. The number of fused-ring (bicyclic) bond motifs is 3. The van der Waals surface area contributed by atoms with E-state index >= 15 is 0 Å². The number of nitrogens with one attached hydrogen (secondary N) is 1.